The number of carbonyl (C=O) groups excluding carboxylic acids is 1. The first-order valence-corrected chi connectivity index (χ1v) is 5.28. The Morgan fingerprint density at radius 1 is 1.38 bits per heavy atom. The molecule has 0 fully saturated rings. The van der Waals surface area contributed by atoms with E-state index in [0.29, 0.717) is 0 Å². The fourth-order valence-electron chi connectivity index (χ4n) is 0.948. The number of hydrogen-bond donors (Lipinski definition) is 2. The van der Waals surface area contributed by atoms with E-state index in [1.54, 1.807) is 0 Å². The summed E-state index contributed by atoms with van der Waals surface area (Å²) in [7, 11) is -3.60. The van der Waals surface area contributed by atoms with E-state index in [-0.39, 0.29) is 17.1 Å². The molecule has 7 nitrogen and oxygen atoms in total. The number of ether oxygens (including phenoxy) is 1. The van der Waals surface area contributed by atoms with Crippen molar-refractivity contribution in [1.29, 1.82) is 0 Å². The van der Waals surface area contributed by atoms with E-state index in [2.05, 4.69) is 4.18 Å². The van der Waals surface area contributed by atoms with Crippen molar-refractivity contribution in [3.63, 3.8) is 0 Å². The Kier molecular flexibility index (Phi) is 3.35. The van der Waals surface area contributed by atoms with Gasteiger partial charge in [-0.15, -0.1) is 0 Å². The van der Waals surface area contributed by atoms with Crippen LogP contribution in [-0.2, 0) is 14.6 Å². The van der Waals surface area contributed by atoms with E-state index in [1.165, 1.54) is 7.11 Å². The van der Waals surface area contributed by atoms with Crippen LogP contribution in [0.3, 0.4) is 0 Å². The number of rotatable bonds is 3. The average Bonchev–Trinajstić information content (AvgIpc) is 2.15. The normalized spacial score (nSPS) is 10.9. The van der Waals surface area contributed by atoms with Crippen LogP contribution in [0.1, 0.15) is 10.4 Å². The van der Waals surface area contributed by atoms with Crippen LogP contribution in [0.15, 0.2) is 18.2 Å². The van der Waals surface area contributed by atoms with Crippen LogP contribution < -0.4 is 4.74 Å². The molecular weight excluding hydrogens is 240 g/mol. The zero-order valence-electron chi connectivity index (χ0n) is 8.08. The lowest BCUT2D eigenvalue weighted by Gasteiger charge is -2.05. The molecule has 8 heteroatoms. The minimum Gasteiger partial charge on any atom is -0.504 e. The van der Waals surface area contributed by atoms with E-state index in [4.69, 9.17) is 9.29 Å². The maximum Gasteiger partial charge on any atom is 0.449 e. The monoisotopic (exact) mass is 248 g/mol. The van der Waals surface area contributed by atoms with E-state index in [1.807, 2.05) is 0 Å². The van der Waals surface area contributed by atoms with E-state index >= 15 is 0 Å². The minimum absolute atomic E-state index is 0.0233. The minimum atomic E-state index is -4.85. The highest BCUT2D eigenvalue weighted by Gasteiger charge is 2.17. The number of carbonyl (C=O) groups is 1. The lowest BCUT2D eigenvalue weighted by Crippen LogP contribution is -2.11. The summed E-state index contributed by atoms with van der Waals surface area (Å²) in [6.07, 6.45) is 0. The van der Waals surface area contributed by atoms with Crippen LogP contribution in [0.2, 0.25) is 0 Å². The summed E-state index contributed by atoms with van der Waals surface area (Å²) < 4.78 is 37.2. The maximum absolute atomic E-state index is 11.1. The fourth-order valence-corrected chi connectivity index (χ4v) is 1.24. The topological polar surface area (TPSA) is 110 Å². The standard InChI is InChI=1S/C8H8O7S/c1-14-7-4-5(2-3-6(7)9)8(10)15-16(11,12)13/h2-4,9H,1H3,(H,11,12,13). The molecule has 88 valence electrons. The summed E-state index contributed by atoms with van der Waals surface area (Å²) in [6, 6.07) is 3.31. The van der Waals surface area contributed by atoms with Crippen molar-refractivity contribution in [3.05, 3.63) is 23.8 Å². The highest BCUT2D eigenvalue weighted by molar-refractivity contribution is 7.81. The second-order valence-electron chi connectivity index (χ2n) is 2.69. The quantitative estimate of drug-likeness (QED) is 0.743. The SMILES string of the molecule is COc1cc(C(=O)OS(=O)(=O)O)ccc1O. The van der Waals surface area contributed by atoms with E-state index < -0.39 is 16.4 Å². The predicted molar refractivity (Wildman–Crippen MR) is 51.6 cm³/mol. The Morgan fingerprint density at radius 3 is 2.50 bits per heavy atom. The number of phenols is 1. The lowest BCUT2D eigenvalue weighted by atomic mass is 10.2. The number of aromatic hydroxyl groups is 1. The first kappa shape index (κ1) is 12.3. The molecule has 0 saturated heterocycles. The van der Waals surface area contributed by atoms with Gasteiger partial charge in [0.2, 0.25) is 0 Å². The molecule has 1 aromatic carbocycles. The zero-order valence-corrected chi connectivity index (χ0v) is 8.89. The predicted octanol–water partition coefficient (Wildman–Crippen LogP) is 0.360. The molecule has 0 spiro atoms. The van der Waals surface area contributed by atoms with Crippen molar-refractivity contribution >= 4 is 16.4 Å². The molecule has 1 aromatic rings. The molecule has 2 N–H and O–H groups in total. The molecule has 0 aliphatic rings. The summed E-state index contributed by atoms with van der Waals surface area (Å²) in [5.41, 5.74) is -0.188. The van der Waals surface area contributed by atoms with Crippen molar-refractivity contribution in [2.24, 2.45) is 0 Å². The van der Waals surface area contributed by atoms with E-state index in [0.717, 1.165) is 18.2 Å². The summed E-state index contributed by atoms with van der Waals surface area (Å²) in [4.78, 5) is 11.1. The Balaban J connectivity index is 3.01. The molecule has 0 unspecified atom stereocenters. The summed E-state index contributed by atoms with van der Waals surface area (Å²) in [5.74, 6) is -1.52. The van der Waals surface area contributed by atoms with Gasteiger partial charge in [0.15, 0.2) is 11.5 Å². The van der Waals surface area contributed by atoms with Gasteiger partial charge < -0.3 is 14.0 Å². The second kappa shape index (κ2) is 4.37. The number of benzene rings is 1. The third kappa shape index (κ3) is 3.11. The van der Waals surface area contributed by atoms with Crippen LogP contribution in [0.25, 0.3) is 0 Å². The Labute approximate surface area is 91.2 Å². The molecule has 0 amide bonds. The van der Waals surface area contributed by atoms with Crippen LogP contribution in [-0.4, -0.2) is 31.2 Å². The van der Waals surface area contributed by atoms with Gasteiger partial charge in [0.25, 0.3) is 0 Å². The van der Waals surface area contributed by atoms with Gasteiger partial charge in [0.1, 0.15) is 0 Å². The first-order chi connectivity index (χ1) is 7.33. The third-order valence-electron chi connectivity index (χ3n) is 1.60. The zero-order chi connectivity index (χ0) is 12.3. The highest BCUT2D eigenvalue weighted by atomic mass is 32.3. The highest BCUT2D eigenvalue weighted by Crippen LogP contribution is 2.26. The summed E-state index contributed by atoms with van der Waals surface area (Å²) >= 11 is 0. The first-order valence-electron chi connectivity index (χ1n) is 3.91. The molecule has 0 atom stereocenters. The van der Waals surface area contributed by atoms with Gasteiger partial charge in [-0.3, -0.25) is 4.55 Å². The molecule has 0 bridgehead atoms. The largest absolute Gasteiger partial charge is 0.504 e. The molecule has 16 heavy (non-hydrogen) atoms. The molecule has 1 rings (SSSR count). The fraction of sp³-hybridized carbons (Fsp3) is 0.125. The molecule has 0 heterocycles. The molecule has 0 radical (unpaired) electrons. The van der Waals surface area contributed by atoms with Gasteiger partial charge >= 0.3 is 16.4 Å². The molecule has 0 aliphatic heterocycles. The summed E-state index contributed by atoms with van der Waals surface area (Å²) in [5, 5.41) is 9.20. The molecular formula is C8H8O7S. The number of methoxy groups -OCH3 is 1. The van der Waals surface area contributed by atoms with Gasteiger partial charge in [0.05, 0.1) is 12.7 Å². The van der Waals surface area contributed by atoms with Crippen molar-refractivity contribution in [1.82, 2.24) is 0 Å². The number of hydrogen-bond acceptors (Lipinski definition) is 6. The van der Waals surface area contributed by atoms with Crippen LogP contribution in [0, 0.1) is 0 Å². The van der Waals surface area contributed by atoms with Crippen LogP contribution >= 0.6 is 0 Å². The van der Waals surface area contributed by atoms with Gasteiger partial charge in [0, 0.05) is 0 Å². The lowest BCUT2D eigenvalue weighted by molar-refractivity contribution is 0.0727. The molecule has 0 saturated carbocycles. The Hall–Kier alpha value is -1.80. The van der Waals surface area contributed by atoms with Crippen molar-refractivity contribution in [3.8, 4) is 11.5 Å². The molecule has 0 aromatic heterocycles. The van der Waals surface area contributed by atoms with Crippen molar-refractivity contribution in [2.45, 2.75) is 0 Å². The Bertz CT molecular complexity index is 505. The van der Waals surface area contributed by atoms with Crippen LogP contribution in [0.5, 0.6) is 11.5 Å². The average molecular weight is 248 g/mol. The van der Waals surface area contributed by atoms with Crippen LogP contribution in [0.4, 0.5) is 0 Å². The van der Waals surface area contributed by atoms with E-state index in [9.17, 15) is 18.3 Å². The van der Waals surface area contributed by atoms with Crippen molar-refractivity contribution < 1.29 is 31.8 Å². The van der Waals surface area contributed by atoms with Gasteiger partial charge in [-0.05, 0) is 18.2 Å². The van der Waals surface area contributed by atoms with Gasteiger partial charge in [-0.2, -0.15) is 8.42 Å². The van der Waals surface area contributed by atoms with Gasteiger partial charge in [-0.1, -0.05) is 0 Å². The van der Waals surface area contributed by atoms with Crippen molar-refractivity contribution in [2.75, 3.05) is 7.11 Å². The smallest absolute Gasteiger partial charge is 0.449 e. The second-order valence-corrected chi connectivity index (χ2v) is 3.71. The van der Waals surface area contributed by atoms with Gasteiger partial charge in [-0.25, -0.2) is 4.79 Å². The molecule has 0 aliphatic carbocycles. The maximum atomic E-state index is 11.1. The Morgan fingerprint density at radius 2 is 2.00 bits per heavy atom. The third-order valence-corrected chi connectivity index (χ3v) is 1.96. The number of phenolic OH excluding ortho intramolecular Hbond substituents is 1. The summed E-state index contributed by atoms with van der Waals surface area (Å²) in [6.45, 7) is 0.